The van der Waals surface area contributed by atoms with E-state index in [4.69, 9.17) is 0 Å². The number of aliphatic hydroxyl groups excluding tert-OH is 1. The van der Waals surface area contributed by atoms with Crippen molar-refractivity contribution in [1.82, 2.24) is 15.5 Å². The van der Waals surface area contributed by atoms with Crippen molar-refractivity contribution in [3.8, 4) is 0 Å². The normalized spacial score (nSPS) is 12.6. The van der Waals surface area contributed by atoms with Crippen LogP contribution in [0.4, 0.5) is 0 Å². The van der Waals surface area contributed by atoms with Gasteiger partial charge in [-0.3, -0.25) is 9.89 Å². The second kappa shape index (κ2) is 5.64. The molecule has 18 heavy (non-hydrogen) atoms. The average Bonchev–Trinajstić information content (AvgIpc) is 2.83. The Hall–Kier alpha value is -1.88. The zero-order chi connectivity index (χ0) is 13.0. The third kappa shape index (κ3) is 2.87. The lowest BCUT2D eigenvalue weighted by Gasteiger charge is -2.10. The van der Waals surface area contributed by atoms with E-state index in [1.54, 1.807) is 18.3 Å². The Morgan fingerprint density at radius 2 is 2.39 bits per heavy atom. The van der Waals surface area contributed by atoms with Gasteiger partial charge in [-0.25, -0.2) is 0 Å². The Morgan fingerprint density at radius 1 is 1.56 bits per heavy atom. The fourth-order valence-corrected chi connectivity index (χ4v) is 1.83. The first-order valence-corrected chi connectivity index (χ1v) is 6.10. The average molecular weight is 247 g/mol. The highest BCUT2D eigenvalue weighted by molar-refractivity contribution is 5.97. The molecule has 0 bridgehead atoms. The first-order valence-electron chi connectivity index (χ1n) is 6.10. The fraction of sp³-hybridized carbons (Fsp3) is 0.385. The SMILES string of the molecule is CCCC(O)CNC(=O)c1ccc2cn[nH]c2c1. The second-order valence-electron chi connectivity index (χ2n) is 4.32. The molecule has 5 heteroatoms. The number of aliphatic hydroxyl groups is 1. The summed E-state index contributed by atoms with van der Waals surface area (Å²) >= 11 is 0. The minimum atomic E-state index is -0.477. The molecule has 1 heterocycles. The Morgan fingerprint density at radius 3 is 3.17 bits per heavy atom. The van der Waals surface area contributed by atoms with Crippen molar-refractivity contribution >= 4 is 16.8 Å². The number of benzene rings is 1. The van der Waals surface area contributed by atoms with Gasteiger partial charge in [-0.15, -0.1) is 0 Å². The van der Waals surface area contributed by atoms with Crippen LogP contribution in [-0.2, 0) is 0 Å². The molecule has 0 fully saturated rings. The fourth-order valence-electron chi connectivity index (χ4n) is 1.83. The van der Waals surface area contributed by atoms with E-state index < -0.39 is 6.10 Å². The quantitative estimate of drug-likeness (QED) is 0.748. The van der Waals surface area contributed by atoms with Gasteiger partial charge in [-0.2, -0.15) is 5.10 Å². The Bertz CT molecular complexity index is 536. The molecular weight excluding hydrogens is 230 g/mol. The lowest BCUT2D eigenvalue weighted by Crippen LogP contribution is -2.31. The number of carbonyl (C=O) groups is 1. The van der Waals surface area contributed by atoms with Crippen LogP contribution in [0.3, 0.4) is 0 Å². The molecular formula is C13H17N3O2. The third-order valence-corrected chi connectivity index (χ3v) is 2.82. The van der Waals surface area contributed by atoms with Gasteiger partial charge in [0, 0.05) is 17.5 Å². The van der Waals surface area contributed by atoms with Gasteiger partial charge in [-0.1, -0.05) is 19.4 Å². The monoisotopic (exact) mass is 247 g/mol. The van der Waals surface area contributed by atoms with Crippen LogP contribution in [0, 0.1) is 0 Å². The molecule has 0 saturated carbocycles. The Balaban J connectivity index is 1.99. The second-order valence-corrected chi connectivity index (χ2v) is 4.32. The molecule has 1 aromatic heterocycles. The van der Waals surface area contributed by atoms with E-state index >= 15 is 0 Å². The first kappa shape index (κ1) is 12.6. The number of amides is 1. The molecule has 0 aliphatic rings. The number of aromatic nitrogens is 2. The number of nitrogens with one attached hydrogen (secondary N) is 2. The van der Waals surface area contributed by atoms with Crippen molar-refractivity contribution in [2.24, 2.45) is 0 Å². The highest BCUT2D eigenvalue weighted by Crippen LogP contribution is 2.12. The van der Waals surface area contributed by atoms with E-state index in [2.05, 4.69) is 15.5 Å². The summed E-state index contributed by atoms with van der Waals surface area (Å²) < 4.78 is 0. The number of hydrogen-bond donors (Lipinski definition) is 3. The van der Waals surface area contributed by atoms with E-state index in [0.29, 0.717) is 12.0 Å². The van der Waals surface area contributed by atoms with E-state index in [0.717, 1.165) is 17.3 Å². The number of nitrogens with zero attached hydrogens (tertiary/aromatic N) is 1. The number of carbonyl (C=O) groups excluding carboxylic acids is 1. The van der Waals surface area contributed by atoms with E-state index in [9.17, 15) is 9.90 Å². The third-order valence-electron chi connectivity index (χ3n) is 2.82. The van der Waals surface area contributed by atoms with Gasteiger partial charge in [-0.05, 0) is 18.6 Å². The van der Waals surface area contributed by atoms with Crippen LogP contribution in [0.15, 0.2) is 24.4 Å². The minimum Gasteiger partial charge on any atom is -0.391 e. The predicted octanol–water partition coefficient (Wildman–Crippen LogP) is 1.45. The van der Waals surface area contributed by atoms with Crippen LogP contribution in [-0.4, -0.2) is 33.9 Å². The molecule has 0 radical (unpaired) electrons. The van der Waals surface area contributed by atoms with Crippen molar-refractivity contribution in [3.63, 3.8) is 0 Å². The summed E-state index contributed by atoms with van der Waals surface area (Å²) in [4.78, 5) is 11.9. The van der Waals surface area contributed by atoms with Gasteiger partial charge in [0.1, 0.15) is 0 Å². The van der Waals surface area contributed by atoms with E-state index in [-0.39, 0.29) is 12.5 Å². The van der Waals surface area contributed by atoms with E-state index in [1.807, 2.05) is 13.0 Å². The molecule has 2 aromatic rings. The van der Waals surface area contributed by atoms with Gasteiger partial charge in [0.05, 0.1) is 17.8 Å². The summed E-state index contributed by atoms with van der Waals surface area (Å²) in [7, 11) is 0. The molecule has 0 aliphatic carbocycles. The maximum Gasteiger partial charge on any atom is 0.251 e. The van der Waals surface area contributed by atoms with Gasteiger partial charge in [0.25, 0.3) is 5.91 Å². The number of rotatable bonds is 5. The largest absolute Gasteiger partial charge is 0.391 e. The molecule has 1 aromatic carbocycles. The van der Waals surface area contributed by atoms with Crippen molar-refractivity contribution in [1.29, 1.82) is 0 Å². The van der Waals surface area contributed by atoms with Gasteiger partial charge in [0.2, 0.25) is 0 Å². The van der Waals surface area contributed by atoms with Crippen molar-refractivity contribution < 1.29 is 9.90 Å². The summed E-state index contributed by atoms with van der Waals surface area (Å²) in [6.45, 7) is 2.28. The molecule has 3 N–H and O–H groups in total. The Kier molecular flexibility index (Phi) is 3.94. The molecule has 1 unspecified atom stereocenters. The van der Waals surface area contributed by atoms with Crippen LogP contribution < -0.4 is 5.32 Å². The molecule has 96 valence electrons. The van der Waals surface area contributed by atoms with Gasteiger partial charge >= 0.3 is 0 Å². The number of fused-ring (bicyclic) bond motifs is 1. The zero-order valence-corrected chi connectivity index (χ0v) is 10.3. The van der Waals surface area contributed by atoms with Crippen LogP contribution in [0.2, 0.25) is 0 Å². The van der Waals surface area contributed by atoms with Gasteiger partial charge < -0.3 is 10.4 Å². The summed E-state index contributed by atoms with van der Waals surface area (Å²) in [5.74, 6) is -0.179. The lowest BCUT2D eigenvalue weighted by atomic mass is 10.1. The molecule has 0 spiro atoms. The Labute approximate surface area is 105 Å². The number of H-pyrrole nitrogens is 1. The number of hydrogen-bond acceptors (Lipinski definition) is 3. The summed E-state index contributed by atoms with van der Waals surface area (Å²) in [5, 5.41) is 20.0. The molecule has 1 atom stereocenters. The van der Waals surface area contributed by atoms with Gasteiger partial charge in [0.15, 0.2) is 0 Å². The first-order chi connectivity index (χ1) is 8.70. The zero-order valence-electron chi connectivity index (χ0n) is 10.3. The standard InChI is InChI=1S/C13H17N3O2/c1-2-3-11(17)8-14-13(18)9-4-5-10-7-15-16-12(10)6-9/h4-7,11,17H,2-3,8H2,1H3,(H,14,18)(H,15,16). The molecule has 0 aliphatic heterocycles. The van der Waals surface area contributed by atoms with Crippen LogP contribution in [0.1, 0.15) is 30.1 Å². The summed E-state index contributed by atoms with van der Waals surface area (Å²) in [5.41, 5.74) is 1.40. The van der Waals surface area contributed by atoms with E-state index in [1.165, 1.54) is 0 Å². The summed E-state index contributed by atoms with van der Waals surface area (Å²) in [6, 6.07) is 5.35. The topological polar surface area (TPSA) is 78.0 Å². The number of aromatic amines is 1. The minimum absolute atomic E-state index is 0.179. The molecule has 2 rings (SSSR count). The van der Waals surface area contributed by atoms with Crippen LogP contribution in [0.5, 0.6) is 0 Å². The summed E-state index contributed by atoms with van der Waals surface area (Å²) in [6.07, 6.45) is 2.83. The smallest absolute Gasteiger partial charge is 0.251 e. The highest BCUT2D eigenvalue weighted by Gasteiger charge is 2.09. The lowest BCUT2D eigenvalue weighted by molar-refractivity contribution is 0.0910. The van der Waals surface area contributed by atoms with Crippen LogP contribution in [0.25, 0.3) is 10.9 Å². The van der Waals surface area contributed by atoms with Crippen molar-refractivity contribution in [2.45, 2.75) is 25.9 Å². The predicted molar refractivity (Wildman–Crippen MR) is 69.3 cm³/mol. The highest BCUT2D eigenvalue weighted by atomic mass is 16.3. The molecule has 5 nitrogen and oxygen atoms in total. The molecule has 0 saturated heterocycles. The van der Waals surface area contributed by atoms with Crippen LogP contribution >= 0.6 is 0 Å². The van der Waals surface area contributed by atoms with Crippen molar-refractivity contribution in [2.75, 3.05) is 6.54 Å². The maximum atomic E-state index is 11.9. The molecule has 1 amide bonds. The maximum absolute atomic E-state index is 11.9. The van der Waals surface area contributed by atoms with Crippen molar-refractivity contribution in [3.05, 3.63) is 30.0 Å².